The number of carbonyl (C=O) groups is 1. The fourth-order valence-electron chi connectivity index (χ4n) is 2.56. The van der Waals surface area contributed by atoms with Crippen molar-refractivity contribution in [1.82, 2.24) is 9.97 Å². The van der Waals surface area contributed by atoms with Crippen LogP contribution >= 0.6 is 11.3 Å². The highest BCUT2D eigenvalue weighted by Crippen LogP contribution is 2.37. The zero-order valence-electron chi connectivity index (χ0n) is 12.4. The van der Waals surface area contributed by atoms with E-state index >= 15 is 0 Å². The molecule has 0 saturated carbocycles. The van der Waals surface area contributed by atoms with Crippen molar-refractivity contribution in [3.05, 3.63) is 47.6 Å². The fraction of sp³-hybridized carbons (Fsp3) is 0.118. The van der Waals surface area contributed by atoms with Crippen LogP contribution in [0.5, 0.6) is 5.75 Å². The predicted molar refractivity (Wildman–Crippen MR) is 89.6 cm³/mol. The van der Waals surface area contributed by atoms with E-state index in [4.69, 9.17) is 4.74 Å². The van der Waals surface area contributed by atoms with Crippen LogP contribution < -0.4 is 10.1 Å². The lowest BCUT2D eigenvalue weighted by Gasteiger charge is -2.20. The van der Waals surface area contributed by atoms with Crippen molar-refractivity contribution in [2.24, 2.45) is 0 Å². The number of benzene rings is 1. The molecule has 1 aliphatic heterocycles. The summed E-state index contributed by atoms with van der Waals surface area (Å²) in [5.74, 6) is 0.597. The fourth-order valence-corrected chi connectivity index (χ4v) is 3.38. The zero-order valence-corrected chi connectivity index (χ0v) is 13.2. The van der Waals surface area contributed by atoms with Crippen LogP contribution in [-0.2, 0) is 4.79 Å². The van der Waals surface area contributed by atoms with Gasteiger partial charge in [-0.2, -0.15) is 0 Å². The van der Waals surface area contributed by atoms with Gasteiger partial charge in [0.25, 0.3) is 5.91 Å². The number of pyridine rings is 1. The van der Waals surface area contributed by atoms with Crippen LogP contribution in [0.2, 0.25) is 0 Å². The molecule has 4 rings (SSSR count). The van der Waals surface area contributed by atoms with E-state index in [1.807, 2.05) is 36.6 Å². The molecular formula is C17H13N3O2S. The van der Waals surface area contributed by atoms with E-state index in [0.29, 0.717) is 5.69 Å². The van der Waals surface area contributed by atoms with Crippen molar-refractivity contribution >= 4 is 22.9 Å². The van der Waals surface area contributed by atoms with Crippen molar-refractivity contribution in [2.45, 2.75) is 6.92 Å². The molecule has 1 amide bonds. The molecule has 1 aromatic carbocycles. The summed E-state index contributed by atoms with van der Waals surface area (Å²) in [6, 6.07) is 7.81. The van der Waals surface area contributed by atoms with E-state index in [1.54, 1.807) is 23.7 Å². The molecule has 6 heteroatoms. The predicted octanol–water partition coefficient (Wildman–Crippen LogP) is 3.51. The van der Waals surface area contributed by atoms with Crippen LogP contribution in [0.3, 0.4) is 0 Å². The van der Waals surface area contributed by atoms with Crippen molar-refractivity contribution in [1.29, 1.82) is 0 Å². The molecule has 2 aromatic heterocycles. The number of aryl methyl sites for hydroxylation is 1. The average molecular weight is 323 g/mol. The molecule has 3 heterocycles. The van der Waals surface area contributed by atoms with Crippen LogP contribution in [0.4, 0.5) is 5.69 Å². The lowest BCUT2D eigenvalue weighted by Crippen LogP contribution is -2.25. The SMILES string of the molecule is Cc1cc(-c2csc(-c3cccnc3)n2)cc2c1OCC(=O)N2. The number of ether oxygens (including phenoxy) is 1. The average Bonchev–Trinajstić information content (AvgIpc) is 3.05. The van der Waals surface area contributed by atoms with Crippen molar-refractivity contribution in [2.75, 3.05) is 11.9 Å². The van der Waals surface area contributed by atoms with Gasteiger partial charge in [-0.15, -0.1) is 11.3 Å². The molecule has 114 valence electrons. The van der Waals surface area contributed by atoms with Crippen LogP contribution in [0.15, 0.2) is 42.0 Å². The first-order valence-electron chi connectivity index (χ1n) is 7.14. The van der Waals surface area contributed by atoms with Gasteiger partial charge in [-0.3, -0.25) is 9.78 Å². The highest BCUT2D eigenvalue weighted by atomic mass is 32.1. The molecule has 0 spiro atoms. The molecule has 23 heavy (non-hydrogen) atoms. The maximum Gasteiger partial charge on any atom is 0.262 e. The van der Waals surface area contributed by atoms with Gasteiger partial charge in [-0.25, -0.2) is 4.98 Å². The third-order valence-electron chi connectivity index (χ3n) is 3.60. The Bertz CT molecular complexity index is 890. The number of carbonyl (C=O) groups excluding carboxylic acids is 1. The molecule has 3 aromatic rings. The van der Waals surface area contributed by atoms with Crippen molar-refractivity contribution < 1.29 is 9.53 Å². The van der Waals surface area contributed by atoms with E-state index in [1.165, 1.54) is 0 Å². The third kappa shape index (κ3) is 2.57. The minimum Gasteiger partial charge on any atom is -0.481 e. The standard InChI is InChI=1S/C17H13N3O2S/c1-10-5-12(6-13-16(10)22-8-15(21)19-13)14-9-23-17(20-14)11-3-2-4-18-7-11/h2-7,9H,8H2,1H3,(H,19,21). The highest BCUT2D eigenvalue weighted by molar-refractivity contribution is 7.13. The first-order valence-corrected chi connectivity index (χ1v) is 8.02. The number of nitrogens with zero attached hydrogens (tertiary/aromatic N) is 2. The Balaban J connectivity index is 1.74. The molecular weight excluding hydrogens is 310 g/mol. The number of hydrogen-bond donors (Lipinski definition) is 1. The first kappa shape index (κ1) is 13.9. The maximum atomic E-state index is 11.5. The number of nitrogens with one attached hydrogen (secondary N) is 1. The summed E-state index contributed by atoms with van der Waals surface area (Å²) in [7, 11) is 0. The molecule has 0 bridgehead atoms. The normalized spacial score (nSPS) is 13.2. The number of fused-ring (bicyclic) bond motifs is 1. The molecule has 0 atom stereocenters. The third-order valence-corrected chi connectivity index (χ3v) is 4.50. The minimum atomic E-state index is -0.136. The maximum absolute atomic E-state index is 11.5. The summed E-state index contributed by atoms with van der Waals surface area (Å²) in [4.78, 5) is 20.3. The summed E-state index contributed by atoms with van der Waals surface area (Å²) in [5.41, 5.74) is 4.51. The molecule has 0 radical (unpaired) electrons. The number of hydrogen-bond acceptors (Lipinski definition) is 5. The van der Waals surface area contributed by atoms with Gasteiger partial charge in [0.1, 0.15) is 10.8 Å². The number of anilines is 1. The Kier molecular flexibility index (Phi) is 3.31. The quantitative estimate of drug-likeness (QED) is 0.784. The molecule has 0 aliphatic carbocycles. The van der Waals surface area contributed by atoms with Crippen molar-refractivity contribution in [3.63, 3.8) is 0 Å². The van der Waals surface area contributed by atoms with Gasteiger partial charge in [0, 0.05) is 28.9 Å². The second-order valence-corrected chi connectivity index (χ2v) is 6.14. The van der Waals surface area contributed by atoms with Crippen molar-refractivity contribution in [3.8, 4) is 27.6 Å². The second kappa shape index (κ2) is 5.48. The molecule has 1 aliphatic rings. The number of thiazole rings is 1. The highest BCUT2D eigenvalue weighted by Gasteiger charge is 2.19. The molecule has 5 nitrogen and oxygen atoms in total. The van der Waals surface area contributed by atoms with Gasteiger partial charge in [0.05, 0.1) is 11.4 Å². The topological polar surface area (TPSA) is 64.1 Å². The van der Waals surface area contributed by atoms with E-state index in [0.717, 1.165) is 33.1 Å². The summed E-state index contributed by atoms with van der Waals surface area (Å²) >= 11 is 1.57. The van der Waals surface area contributed by atoms with Crippen LogP contribution in [0.25, 0.3) is 21.8 Å². The van der Waals surface area contributed by atoms with E-state index in [9.17, 15) is 4.79 Å². The van der Waals surface area contributed by atoms with Gasteiger partial charge in [0.2, 0.25) is 0 Å². The first-order chi connectivity index (χ1) is 11.2. The van der Waals surface area contributed by atoms with Gasteiger partial charge in [-0.05, 0) is 36.8 Å². The van der Waals surface area contributed by atoms with E-state index < -0.39 is 0 Å². The molecule has 0 saturated heterocycles. The smallest absolute Gasteiger partial charge is 0.262 e. The van der Waals surface area contributed by atoms with Gasteiger partial charge in [0.15, 0.2) is 6.61 Å². The largest absolute Gasteiger partial charge is 0.481 e. The number of aromatic nitrogens is 2. The van der Waals surface area contributed by atoms with E-state index in [2.05, 4.69) is 15.3 Å². The summed E-state index contributed by atoms with van der Waals surface area (Å²) in [5, 5.41) is 5.78. The molecule has 1 N–H and O–H groups in total. The van der Waals surface area contributed by atoms with Crippen LogP contribution in [-0.4, -0.2) is 22.5 Å². The lowest BCUT2D eigenvalue weighted by molar-refractivity contribution is -0.118. The van der Waals surface area contributed by atoms with Gasteiger partial charge < -0.3 is 10.1 Å². The molecule has 0 fully saturated rings. The van der Waals surface area contributed by atoms with Gasteiger partial charge in [-0.1, -0.05) is 0 Å². The lowest BCUT2D eigenvalue weighted by atomic mass is 10.1. The monoisotopic (exact) mass is 323 g/mol. The summed E-state index contributed by atoms with van der Waals surface area (Å²) < 4.78 is 5.49. The Hall–Kier alpha value is -2.73. The Morgan fingerprint density at radius 3 is 3.04 bits per heavy atom. The Labute approximate surface area is 137 Å². The Morgan fingerprint density at radius 2 is 2.22 bits per heavy atom. The van der Waals surface area contributed by atoms with Crippen LogP contribution in [0.1, 0.15) is 5.56 Å². The second-order valence-electron chi connectivity index (χ2n) is 5.29. The summed E-state index contributed by atoms with van der Waals surface area (Å²) in [6.07, 6.45) is 3.54. The van der Waals surface area contributed by atoms with Gasteiger partial charge >= 0.3 is 0 Å². The number of amides is 1. The number of rotatable bonds is 2. The Morgan fingerprint density at radius 1 is 1.30 bits per heavy atom. The van der Waals surface area contributed by atoms with E-state index in [-0.39, 0.29) is 12.5 Å². The molecule has 0 unspecified atom stereocenters. The summed E-state index contributed by atoms with van der Waals surface area (Å²) in [6.45, 7) is 2.03. The minimum absolute atomic E-state index is 0.0645. The van der Waals surface area contributed by atoms with Crippen LogP contribution in [0, 0.1) is 6.92 Å². The zero-order chi connectivity index (χ0) is 15.8.